The Morgan fingerprint density at radius 2 is 2.03 bits per heavy atom. The van der Waals surface area contributed by atoms with Gasteiger partial charge in [-0.2, -0.15) is 0 Å². The number of hydrogen-bond acceptors (Lipinski definition) is 3. The second kappa shape index (κ2) is 9.11. The standard InChI is InChI=1S/C22H31N7/c1-16-27-28-21(29(16)2)15-25-22(26-18-8-4-3-5-9-18)23-13-12-17-14-24-20-11-7-6-10-19(17)20/h6-7,10-11,14,18,24H,3-5,8-9,12-13,15H2,1-2H3,(H2,23,25,26). The highest BCUT2D eigenvalue weighted by Crippen LogP contribution is 2.18. The van der Waals surface area contributed by atoms with Crippen LogP contribution in [0.15, 0.2) is 35.5 Å². The molecule has 1 saturated carbocycles. The summed E-state index contributed by atoms with van der Waals surface area (Å²) in [6.45, 7) is 3.31. The summed E-state index contributed by atoms with van der Waals surface area (Å²) in [5.74, 6) is 2.66. The predicted octanol–water partition coefficient (Wildman–Crippen LogP) is 3.22. The summed E-state index contributed by atoms with van der Waals surface area (Å²) in [6, 6.07) is 8.95. The van der Waals surface area contributed by atoms with E-state index in [0.717, 1.165) is 30.6 Å². The number of nitrogens with one attached hydrogen (secondary N) is 3. The number of H-pyrrole nitrogens is 1. The normalized spacial score (nSPS) is 15.7. The maximum Gasteiger partial charge on any atom is 0.191 e. The molecule has 154 valence electrons. The van der Waals surface area contributed by atoms with Crippen LogP contribution in [0.5, 0.6) is 0 Å². The Hall–Kier alpha value is -2.83. The first-order valence-electron chi connectivity index (χ1n) is 10.7. The molecule has 2 aromatic heterocycles. The molecule has 4 rings (SSSR count). The molecule has 3 N–H and O–H groups in total. The molecule has 29 heavy (non-hydrogen) atoms. The maximum absolute atomic E-state index is 4.81. The van der Waals surface area contributed by atoms with Crippen molar-refractivity contribution in [3.63, 3.8) is 0 Å². The lowest BCUT2D eigenvalue weighted by atomic mass is 9.96. The van der Waals surface area contributed by atoms with Crippen LogP contribution in [-0.2, 0) is 20.0 Å². The van der Waals surface area contributed by atoms with E-state index in [4.69, 9.17) is 4.99 Å². The Morgan fingerprint density at radius 1 is 1.21 bits per heavy atom. The molecule has 0 atom stereocenters. The molecule has 3 aromatic rings. The van der Waals surface area contributed by atoms with Gasteiger partial charge in [0.25, 0.3) is 0 Å². The molecule has 1 fully saturated rings. The number of benzene rings is 1. The highest BCUT2D eigenvalue weighted by Gasteiger charge is 2.15. The van der Waals surface area contributed by atoms with Crippen LogP contribution in [0.25, 0.3) is 10.9 Å². The quantitative estimate of drug-likeness (QED) is 0.444. The van der Waals surface area contributed by atoms with Crippen molar-refractivity contribution in [2.24, 2.45) is 12.0 Å². The van der Waals surface area contributed by atoms with E-state index < -0.39 is 0 Å². The average molecular weight is 394 g/mol. The van der Waals surface area contributed by atoms with Gasteiger partial charge in [-0.3, -0.25) is 0 Å². The van der Waals surface area contributed by atoms with Gasteiger partial charge in [-0.05, 0) is 37.8 Å². The van der Waals surface area contributed by atoms with Crippen LogP contribution in [0.4, 0.5) is 0 Å². The molecule has 2 heterocycles. The lowest BCUT2D eigenvalue weighted by Crippen LogP contribution is -2.44. The van der Waals surface area contributed by atoms with Crippen LogP contribution in [0.2, 0.25) is 0 Å². The third kappa shape index (κ3) is 4.78. The molecule has 0 unspecified atom stereocenters. The number of aliphatic imine (C=N–C) groups is 1. The third-order valence-electron chi connectivity index (χ3n) is 5.87. The molecule has 7 nitrogen and oxygen atoms in total. The molecule has 1 aliphatic rings. The SMILES string of the molecule is Cc1nnc(CN=C(NCCc2c[nH]c3ccccc23)NC2CCCCC2)n1C. The largest absolute Gasteiger partial charge is 0.361 e. The molecule has 1 aliphatic carbocycles. The van der Waals surface area contributed by atoms with Crippen molar-refractivity contribution in [1.82, 2.24) is 30.4 Å². The van der Waals surface area contributed by atoms with Crippen molar-refractivity contribution in [3.05, 3.63) is 47.7 Å². The zero-order chi connectivity index (χ0) is 20.1. The van der Waals surface area contributed by atoms with Gasteiger partial charge in [0.15, 0.2) is 11.8 Å². The molecule has 0 saturated heterocycles. The van der Waals surface area contributed by atoms with Gasteiger partial charge in [0.05, 0.1) is 0 Å². The van der Waals surface area contributed by atoms with Crippen molar-refractivity contribution in [3.8, 4) is 0 Å². The van der Waals surface area contributed by atoms with Crippen molar-refractivity contribution < 1.29 is 0 Å². The fraction of sp³-hybridized carbons (Fsp3) is 0.500. The maximum atomic E-state index is 4.81. The number of guanidine groups is 1. The Labute approximate surface area is 172 Å². The van der Waals surface area contributed by atoms with E-state index in [2.05, 4.69) is 56.3 Å². The molecule has 0 spiro atoms. The number of aryl methyl sites for hydroxylation is 1. The molecule has 0 bridgehead atoms. The van der Waals surface area contributed by atoms with Crippen LogP contribution in [0.1, 0.15) is 49.3 Å². The zero-order valence-electron chi connectivity index (χ0n) is 17.4. The summed E-state index contributed by atoms with van der Waals surface area (Å²) >= 11 is 0. The lowest BCUT2D eigenvalue weighted by molar-refractivity contribution is 0.410. The van der Waals surface area contributed by atoms with Crippen LogP contribution in [0.3, 0.4) is 0 Å². The number of nitrogens with zero attached hydrogens (tertiary/aromatic N) is 4. The molecule has 0 amide bonds. The van der Waals surface area contributed by atoms with Crippen molar-refractivity contribution >= 4 is 16.9 Å². The van der Waals surface area contributed by atoms with Crippen LogP contribution >= 0.6 is 0 Å². The number of aromatic amines is 1. The van der Waals surface area contributed by atoms with Gasteiger partial charge in [0.2, 0.25) is 0 Å². The van der Waals surface area contributed by atoms with Gasteiger partial charge in [-0.25, -0.2) is 4.99 Å². The van der Waals surface area contributed by atoms with Crippen LogP contribution in [-0.4, -0.2) is 38.3 Å². The van der Waals surface area contributed by atoms with Crippen molar-refractivity contribution in [2.45, 2.75) is 58.0 Å². The molecule has 0 radical (unpaired) electrons. The van der Waals surface area contributed by atoms with E-state index in [9.17, 15) is 0 Å². The fourth-order valence-corrected chi connectivity index (χ4v) is 3.99. The summed E-state index contributed by atoms with van der Waals surface area (Å²) in [6.07, 6.45) is 9.42. The summed E-state index contributed by atoms with van der Waals surface area (Å²) < 4.78 is 1.99. The Bertz CT molecular complexity index is 963. The van der Waals surface area contributed by atoms with Gasteiger partial charge >= 0.3 is 0 Å². The summed E-state index contributed by atoms with van der Waals surface area (Å²) in [4.78, 5) is 8.16. The number of rotatable bonds is 6. The second-order valence-electron chi connectivity index (χ2n) is 7.90. The Morgan fingerprint density at radius 3 is 2.83 bits per heavy atom. The molecular formula is C22H31N7. The first kappa shape index (κ1) is 19.5. The smallest absolute Gasteiger partial charge is 0.191 e. The summed E-state index contributed by atoms with van der Waals surface area (Å²) in [7, 11) is 1.98. The minimum absolute atomic E-state index is 0.504. The minimum atomic E-state index is 0.504. The van der Waals surface area contributed by atoms with E-state index in [1.807, 2.05) is 18.5 Å². The molecule has 0 aliphatic heterocycles. The molecule has 1 aromatic carbocycles. The average Bonchev–Trinajstić information content (AvgIpc) is 3.30. The fourth-order valence-electron chi connectivity index (χ4n) is 3.99. The zero-order valence-corrected chi connectivity index (χ0v) is 17.4. The van der Waals surface area contributed by atoms with Crippen molar-refractivity contribution in [1.29, 1.82) is 0 Å². The molecule has 7 heteroatoms. The minimum Gasteiger partial charge on any atom is -0.361 e. The number of aromatic nitrogens is 4. The van der Waals surface area contributed by atoms with E-state index in [0.29, 0.717) is 12.6 Å². The number of para-hydroxylation sites is 1. The predicted molar refractivity (Wildman–Crippen MR) is 117 cm³/mol. The van der Waals surface area contributed by atoms with E-state index in [1.165, 1.54) is 48.6 Å². The number of fused-ring (bicyclic) bond motifs is 1. The Kier molecular flexibility index (Phi) is 6.12. The topological polar surface area (TPSA) is 82.9 Å². The Balaban J connectivity index is 1.41. The van der Waals surface area contributed by atoms with Gasteiger partial charge in [-0.15, -0.1) is 10.2 Å². The van der Waals surface area contributed by atoms with E-state index in [1.54, 1.807) is 0 Å². The summed E-state index contributed by atoms with van der Waals surface area (Å²) in [5, 5.41) is 16.8. The highest BCUT2D eigenvalue weighted by atomic mass is 15.3. The van der Waals surface area contributed by atoms with Gasteiger partial charge in [0.1, 0.15) is 12.4 Å². The summed E-state index contributed by atoms with van der Waals surface area (Å²) in [5.41, 5.74) is 2.52. The van der Waals surface area contributed by atoms with E-state index in [-0.39, 0.29) is 0 Å². The second-order valence-corrected chi connectivity index (χ2v) is 7.90. The lowest BCUT2D eigenvalue weighted by Gasteiger charge is -2.25. The first-order chi connectivity index (χ1) is 14.2. The monoisotopic (exact) mass is 393 g/mol. The van der Waals surface area contributed by atoms with Gasteiger partial charge < -0.3 is 20.2 Å². The van der Waals surface area contributed by atoms with Crippen LogP contribution < -0.4 is 10.6 Å². The van der Waals surface area contributed by atoms with E-state index >= 15 is 0 Å². The highest BCUT2D eigenvalue weighted by molar-refractivity contribution is 5.83. The van der Waals surface area contributed by atoms with Gasteiger partial charge in [0, 0.05) is 36.7 Å². The van der Waals surface area contributed by atoms with Crippen molar-refractivity contribution in [2.75, 3.05) is 6.54 Å². The number of hydrogen-bond donors (Lipinski definition) is 3. The third-order valence-corrected chi connectivity index (χ3v) is 5.87. The van der Waals surface area contributed by atoms with Crippen LogP contribution in [0, 0.1) is 6.92 Å². The molecular weight excluding hydrogens is 362 g/mol. The van der Waals surface area contributed by atoms with Gasteiger partial charge in [-0.1, -0.05) is 37.5 Å². The first-order valence-corrected chi connectivity index (χ1v) is 10.7.